The number of thiophene rings is 1. The summed E-state index contributed by atoms with van der Waals surface area (Å²) in [6.45, 7) is 4.97. The van der Waals surface area contributed by atoms with Gasteiger partial charge in [0.1, 0.15) is 0 Å². The molecule has 0 bridgehead atoms. The van der Waals surface area contributed by atoms with E-state index in [4.69, 9.17) is 0 Å². The molecule has 0 aromatic carbocycles. The summed E-state index contributed by atoms with van der Waals surface area (Å²) < 4.78 is 0. The maximum absolute atomic E-state index is 10.6. The highest BCUT2D eigenvalue weighted by Crippen LogP contribution is 2.17. The van der Waals surface area contributed by atoms with Gasteiger partial charge in [-0.1, -0.05) is 6.07 Å². The molecule has 0 atom stereocenters. The van der Waals surface area contributed by atoms with E-state index in [1.54, 1.807) is 0 Å². The van der Waals surface area contributed by atoms with Crippen molar-refractivity contribution in [2.75, 3.05) is 38.5 Å². The Bertz CT molecular complexity index is 321. The maximum Gasteiger partial charge on any atom is 0.209 e. The molecule has 17 heavy (non-hydrogen) atoms. The summed E-state index contributed by atoms with van der Waals surface area (Å²) in [5.41, 5.74) is 0. The molecule has 1 aliphatic heterocycles. The predicted octanol–water partition coefficient (Wildman–Crippen LogP) is 1.76. The van der Waals surface area contributed by atoms with Gasteiger partial charge in [-0.25, -0.2) is 0 Å². The van der Waals surface area contributed by atoms with Gasteiger partial charge in [0.05, 0.1) is 0 Å². The molecule has 0 saturated carbocycles. The van der Waals surface area contributed by atoms with Crippen LogP contribution in [-0.4, -0.2) is 54.7 Å². The molecule has 2 heterocycles. The SMILES string of the molecule is O=CN1CCN(CCSCc2cccs2)CC1. The van der Waals surface area contributed by atoms with Crippen LogP contribution in [0.3, 0.4) is 0 Å². The minimum absolute atomic E-state index is 0.888. The number of rotatable bonds is 6. The Morgan fingerprint density at radius 1 is 1.35 bits per heavy atom. The highest BCUT2D eigenvalue weighted by atomic mass is 32.2. The summed E-state index contributed by atoms with van der Waals surface area (Å²) in [7, 11) is 0. The van der Waals surface area contributed by atoms with Gasteiger partial charge in [0.15, 0.2) is 0 Å². The van der Waals surface area contributed by atoms with Crippen LogP contribution in [0.2, 0.25) is 0 Å². The summed E-state index contributed by atoms with van der Waals surface area (Å²) in [4.78, 5) is 16.3. The largest absolute Gasteiger partial charge is 0.343 e. The Morgan fingerprint density at radius 2 is 2.18 bits per heavy atom. The van der Waals surface area contributed by atoms with E-state index in [0.717, 1.165) is 44.9 Å². The summed E-state index contributed by atoms with van der Waals surface area (Å²) in [5, 5.41) is 2.13. The average molecular weight is 270 g/mol. The molecule has 1 aliphatic rings. The summed E-state index contributed by atoms with van der Waals surface area (Å²) in [6, 6.07) is 4.31. The number of hydrogen-bond donors (Lipinski definition) is 0. The fraction of sp³-hybridized carbons (Fsp3) is 0.583. The highest BCUT2D eigenvalue weighted by Gasteiger charge is 2.14. The summed E-state index contributed by atoms with van der Waals surface area (Å²) in [5.74, 6) is 2.31. The zero-order chi connectivity index (χ0) is 11.9. The van der Waals surface area contributed by atoms with Crippen molar-refractivity contribution >= 4 is 29.5 Å². The van der Waals surface area contributed by atoms with Crippen molar-refractivity contribution in [3.63, 3.8) is 0 Å². The van der Waals surface area contributed by atoms with E-state index in [0.29, 0.717) is 0 Å². The predicted molar refractivity (Wildman–Crippen MR) is 74.6 cm³/mol. The number of carbonyl (C=O) groups excluding carboxylic acids is 1. The normalized spacial score (nSPS) is 17.3. The highest BCUT2D eigenvalue weighted by molar-refractivity contribution is 7.98. The second-order valence-electron chi connectivity index (χ2n) is 4.11. The van der Waals surface area contributed by atoms with E-state index in [9.17, 15) is 4.79 Å². The minimum Gasteiger partial charge on any atom is -0.343 e. The third kappa shape index (κ3) is 4.33. The fourth-order valence-corrected chi connectivity index (χ4v) is 3.69. The van der Waals surface area contributed by atoms with Crippen LogP contribution in [0, 0.1) is 0 Å². The third-order valence-electron chi connectivity index (χ3n) is 2.93. The molecule has 1 fully saturated rings. The van der Waals surface area contributed by atoms with E-state index in [1.165, 1.54) is 10.6 Å². The van der Waals surface area contributed by atoms with Crippen LogP contribution >= 0.6 is 23.1 Å². The Balaban J connectivity index is 1.55. The molecule has 0 spiro atoms. The molecule has 0 radical (unpaired) electrons. The first-order chi connectivity index (χ1) is 8.38. The van der Waals surface area contributed by atoms with Gasteiger partial charge in [-0.15, -0.1) is 11.3 Å². The van der Waals surface area contributed by atoms with Crippen molar-refractivity contribution in [1.82, 2.24) is 9.80 Å². The van der Waals surface area contributed by atoms with E-state index < -0.39 is 0 Å². The van der Waals surface area contributed by atoms with Gasteiger partial charge in [-0.05, 0) is 11.4 Å². The second kappa shape index (κ2) is 7.03. The van der Waals surface area contributed by atoms with Crippen LogP contribution in [0.15, 0.2) is 17.5 Å². The van der Waals surface area contributed by atoms with E-state index in [1.807, 2.05) is 28.0 Å². The summed E-state index contributed by atoms with van der Waals surface area (Å²) >= 11 is 3.83. The van der Waals surface area contributed by atoms with Gasteiger partial charge in [0.2, 0.25) is 6.41 Å². The van der Waals surface area contributed by atoms with Gasteiger partial charge in [-0.3, -0.25) is 9.69 Å². The smallest absolute Gasteiger partial charge is 0.209 e. The average Bonchev–Trinajstić information content (AvgIpc) is 2.88. The van der Waals surface area contributed by atoms with Gasteiger partial charge >= 0.3 is 0 Å². The van der Waals surface area contributed by atoms with Crippen molar-refractivity contribution in [3.05, 3.63) is 22.4 Å². The Labute approximate surface area is 111 Å². The van der Waals surface area contributed by atoms with Crippen molar-refractivity contribution in [3.8, 4) is 0 Å². The van der Waals surface area contributed by atoms with Crippen molar-refractivity contribution < 1.29 is 4.79 Å². The molecule has 0 N–H and O–H groups in total. The first-order valence-corrected chi connectivity index (χ1v) is 7.94. The zero-order valence-corrected chi connectivity index (χ0v) is 11.5. The topological polar surface area (TPSA) is 23.6 Å². The molecule has 1 aromatic heterocycles. The quantitative estimate of drug-likeness (QED) is 0.581. The van der Waals surface area contributed by atoms with Gasteiger partial charge in [0, 0.05) is 49.1 Å². The molecular formula is C12H18N2OS2. The molecule has 1 amide bonds. The lowest BCUT2D eigenvalue weighted by atomic mass is 10.3. The summed E-state index contributed by atoms with van der Waals surface area (Å²) in [6.07, 6.45) is 0.961. The molecule has 0 unspecified atom stereocenters. The van der Waals surface area contributed by atoms with Gasteiger partial charge in [-0.2, -0.15) is 11.8 Å². The Kier molecular flexibility index (Phi) is 5.35. The molecule has 1 aromatic rings. The Morgan fingerprint density at radius 3 is 2.82 bits per heavy atom. The number of nitrogens with zero attached hydrogens (tertiary/aromatic N) is 2. The lowest BCUT2D eigenvalue weighted by Gasteiger charge is -2.32. The van der Waals surface area contributed by atoms with Crippen LogP contribution in [0.1, 0.15) is 4.88 Å². The van der Waals surface area contributed by atoms with Gasteiger partial charge < -0.3 is 4.90 Å². The number of thioether (sulfide) groups is 1. The molecule has 94 valence electrons. The molecule has 0 aliphatic carbocycles. The zero-order valence-electron chi connectivity index (χ0n) is 9.88. The minimum atomic E-state index is 0.888. The van der Waals surface area contributed by atoms with Crippen LogP contribution < -0.4 is 0 Å². The van der Waals surface area contributed by atoms with Crippen LogP contribution in [-0.2, 0) is 10.5 Å². The van der Waals surface area contributed by atoms with Crippen LogP contribution in [0.5, 0.6) is 0 Å². The number of hydrogen-bond acceptors (Lipinski definition) is 4. The second-order valence-corrected chi connectivity index (χ2v) is 6.25. The first kappa shape index (κ1) is 12.9. The van der Waals surface area contributed by atoms with Crippen molar-refractivity contribution in [1.29, 1.82) is 0 Å². The number of carbonyl (C=O) groups is 1. The maximum atomic E-state index is 10.6. The van der Waals surface area contributed by atoms with Crippen molar-refractivity contribution in [2.45, 2.75) is 5.75 Å². The van der Waals surface area contributed by atoms with Crippen LogP contribution in [0.4, 0.5) is 0 Å². The third-order valence-corrected chi connectivity index (χ3v) is 4.98. The molecule has 1 saturated heterocycles. The lowest BCUT2D eigenvalue weighted by molar-refractivity contribution is -0.119. The lowest BCUT2D eigenvalue weighted by Crippen LogP contribution is -2.46. The molecule has 3 nitrogen and oxygen atoms in total. The number of amides is 1. The van der Waals surface area contributed by atoms with E-state index >= 15 is 0 Å². The van der Waals surface area contributed by atoms with E-state index in [-0.39, 0.29) is 0 Å². The number of piperazine rings is 1. The van der Waals surface area contributed by atoms with Crippen LogP contribution in [0.25, 0.3) is 0 Å². The van der Waals surface area contributed by atoms with E-state index in [2.05, 4.69) is 22.4 Å². The van der Waals surface area contributed by atoms with Gasteiger partial charge in [0.25, 0.3) is 0 Å². The molecule has 5 heteroatoms. The Hall–Kier alpha value is -0.520. The first-order valence-electron chi connectivity index (χ1n) is 5.90. The molecule has 2 rings (SSSR count). The fourth-order valence-electron chi connectivity index (χ4n) is 1.85. The standard InChI is InChI=1S/C12H18N2OS2/c15-11-14-5-3-13(4-6-14)7-9-16-10-12-2-1-8-17-12/h1-2,8,11H,3-7,9-10H2. The molecular weight excluding hydrogens is 252 g/mol. The monoisotopic (exact) mass is 270 g/mol. The van der Waals surface area contributed by atoms with Crippen molar-refractivity contribution in [2.24, 2.45) is 0 Å².